The lowest BCUT2D eigenvalue weighted by molar-refractivity contribution is 0.321. The molecule has 0 spiro atoms. The highest BCUT2D eigenvalue weighted by atomic mass is 32.1. The van der Waals surface area contributed by atoms with Crippen LogP contribution in [0, 0.1) is 12.8 Å². The van der Waals surface area contributed by atoms with Gasteiger partial charge in [0.05, 0.1) is 5.39 Å². The van der Waals surface area contributed by atoms with Crippen molar-refractivity contribution in [2.24, 2.45) is 5.92 Å². The van der Waals surface area contributed by atoms with E-state index in [9.17, 15) is 0 Å². The first-order valence-corrected chi connectivity index (χ1v) is 8.22. The van der Waals surface area contributed by atoms with Crippen molar-refractivity contribution in [3.63, 3.8) is 0 Å². The Morgan fingerprint density at radius 3 is 2.85 bits per heavy atom. The number of thiophene rings is 1. The van der Waals surface area contributed by atoms with Crippen LogP contribution in [-0.4, -0.2) is 30.1 Å². The van der Waals surface area contributed by atoms with Gasteiger partial charge in [-0.05, 0) is 38.7 Å². The zero-order valence-corrected chi connectivity index (χ0v) is 13.3. The molecule has 2 aromatic heterocycles. The van der Waals surface area contributed by atoms with Crippen LogP contribution in [-0.2, 0) is 0 Å². The highest BCUT2D eigenvalue weighted by Crippen LogP contribution is 2.33. The predicted octanol–water partition coefficient (Wildman–Crippen LogP) is 3.67. The maximum atomic E-state index is 4.73. The summed E-state index contributed by atoms with van der Waals surface area (Å²) in [5.74, 6) is 2.66. The Kier molecular flexibility index (Phi) is 3.78. The van der Waals surface area contributed by atoms with Crippen molar-refractivity contribution >= 4 is 33.3 Å². The first-order chi connectivity index (χ1) is 9.67. The van der Waals surface area contributed by atoms with Crippen LogP contribution in [0.1, 0.15) is 31.1 Å². The number of rotatable bonds is 5. The lowest BCUT2D eigenvalue weighted by Crippen LogP contribution is -2.30. The lowest BCUT2D eigenvalue weighted by atomic mass is 9.85. The Labute approximate surface area is 124 Å². The summed E-state index contributed by atoms with van der Waals surface area (Å²) in [4.78, 5) is 14.0. The minimum absolute atomic E-state index is 0.748. The van der Waals surface area contributed by atoms with Crippen molar-refractivity contribution in [2.45, 2.75) is 33.1 Å². The summed E-state index contributed by atoms with van der Waals surface area (Å²) in [6.45, 7) is 6.16. The van der Waals surface area contributed by atoms with E-state index in [1.54, 1.807) is 11.3 Å². The third kappa shape index (κ3) is 2.59. The number of hydrogen-bond donors (Lipinski definition) is 1. The standard InChI is InChI=1S/C15H22N4S/c1-4-16-15-17-13(19(3)9-11-6-5-7-11)12-8-10(2)20-14(12)18-15/h8,11H,4-7,9H2,1-3H3,(H,16,17,18). The van der Waals surface area contributed by atoms with Gasteiger partial charge < -0.3 is 10.2 Å². The second kappa shape index (κ2) is 5.56. The second-order valence-corrected chi connectivity index (χ2v) is 6.89. The van der Waals surface area contributed by atoms with Gasteiger partial charge in [-0.15, -0.1) is 11.3 Å². The molecule has 0 saturated heterocycles. The minimum Gasteiger partial charge on any atom is -0.359 e. The van der Waals surface area contributed by atoms with Crippen molar-refractivity contribution in [1.29, 1.82) is 0 Å². The van der Waals surface area contributed by atoms with Crippen molar-refractivity contribution < 1.29 is 0 Å². The van der Waals surface area contributed by atoms with Crippen LogP contribution >= 0.6 is 11.3 Å². The molecule has 1 aliphatic rings. The van der Waals surface area contributed by atoms with Gasteiger partial charge in [0.25, 0.3) is 0 Å². The molecule has 3 rings (SSSR count). The SMILES string of the molecule is CCNc1nc(N(C)CC2CCC2)c2cc(C)sc2n1. The number of nitrogens with one attached hydrogen (secondary N) is 1. The van der Waals surface area contributed by atoms with Crippen LogP contribution < -0.4 is 10.2 Å². The molecule has 20 heavy (non-hydrogen) atoms. The molecule has 0 atom stereocenters. The number of anilines is 2. The van der Waals surface area contributed by atoms with E-state index in [1.807, 2.05) is 0 Å². The Balaban J connectivity index is 1.96. The fourth-order valence-corrected chi connectivity index (χ4v) is 3.58. The Hall–Kier alpha value is -1.36. The fourth-order valence-electron chi connectivity index (χ4n) is 2.70. The van der Waals surface area contributed by atoms with Crippen LogP contribution in [0.2, 0.25) is 0 Å². The molecule has 5 heteroatoms. The molecule has 2 heterocycles. The molecular formula is C15H22N4S. The maximum Gasteiger partial charge on any atom is 0.226 e. The summed E-state index contributed by atoms with van der Waals surface area (Å²) in [5, 5.41) is 4.43. The Morgan fingerprint density at radius 2 is 2.20 bits per heavy atom. The summed E-state index contributed by atoms with van der Waals surface area (Å²) in [5.41, 5.74) is 0. The largest absolute Gasteiger partial charge is 0.359 e. The molecule has 0 amide bonds. The van der Waals surface area contributed by atoms with Gasteiger partial charge in [-0.2, -0.15) is 4.98 Å². The summed E-state index contributed by atoms with van der Waals surface area (Å²) >= 11 is 1.74. The van der Waals surface area contributed by atoms with Crippen LogP contribution in [0.4, 0.5) is 11.8 Å². The summed E-state index contributed by atoms with van der Waals surface area (Å²) in [6, 6.07) is 2.21. The molecule has 1 saturated carbocycles. The van der Waals surface area contributed by atoms with Gasteiger partial charge in [0.1, 0.15) is 10.6 Å². The van der Waals surface area contributed by atoms with Crippen LogP contribution in [0.15, 0.2) is 6.07 Å². The highest BCUT2D eigenvalue weighted by molar-refractivity contribution is 7.18. The second-order valence-electron chi connectivity index (χ2n) is 5.65. The van der Waals surface area contributed by atoms with Gasteiger partial charge in [0, 0.05) is 25.0 Å². The van der Waals surface area contributed by atoms with Crippen LogP contribution in [0.25, 0.3) is 10.2 Å². The monoisotopic (exact) mass is 290 g/mol. The zero-order chi connectivity index (χ0) is 14.1. The summed E-state index contributed by atoms with van der Waals surface area (Å²) in [6.07, 6.45) is 4.11. The zero-order valence-electron chi connectivity index (χ0n) is 12.4. The van der Waals surface area contributed by atoms with Gasteiger partial charge in [-0.3, -0.25) is 0 Å². The molecule has 0 bridgehead atoms. The number of aromatic nitrogens is 2. The minimum atomic E-state index is 0.748. The molecule has 0 unspecified atom stereocenters. The summed E-state index contributed by atoms with van der Waals surface area (Å²) in [7, 11) is 2.16. The number of aryl methyl sites for hydroxylation is 1. The smallest absolute Gasteiger partial charge is 0.226 e. The van der Waals surface area contributed by atoms with Crippen molar-refractivity contribution in [1.82, 2.24) is 9.97 Å². The molecule has 1 fully saturated rings. The Bertz CT molecular complexity index is 603. The van der Waals surface area contributed by atoms with E-state index in [0.717, 1.165) is 35.6 Å². The van der Waals surface area contributed by atoms with Crippen molar-refractivity contribution in [2.75, 3.05) is 30.4 Å². The van der Waals surface area contributed by atoms with E-state index in [2.05, 4.69) is 42.2 Å². The van der Waals surface area contributed by atoms with Gasteiger partial charge in [0.2, 0.25) is 5.95 Å². The molecule has 0 aromatic carbocycles. The van der Waals surface area contributed by atoms with E-state index < -0.39 is 0 Å². The average Bonchev–Trinajstić information content (AvgIpc) is 2.73. The predicted molar refractivity (Wildman–Crippen MR) is 86.9 cm³/mol. The number of nitrogens with zero attached hydrogens (tertiary/aromatic N) is 3. The van der Waals surface area contributed by atoms with E-state index in [1.165, 1.54) is 29.5 Å². The van der Waals surface area contributed by atoms with Crippen LogP contribution in [0.3, 0.4) is 0 Å². The molecule has 2 aromatic rings. The first kappa shape index (κ1) is 13.6. The third-order valence-electron chi connectivity index (χ3n) is 3.95. The summed E-state index contributed by atoms with van der Waals surface area (Å²) < 4.78 is 0. The van der Waals surface area contributed by atoms with Crippen molar-refractivity contribution in [3.8, 4) is 0 Å². The van der Waals surface area contributed by atoms with Crippen molar-refractivity contribution in [3.05, 3.63) is 10.9 Å². The Morgan fingerprint density at radius 1 is 1.40 bits per heavy atom. The quantitative estimate of drug-likeness (QED) is 0.912. The van der Waals surface area contributed by atoms with E-state index in [4.69, 9.17) is 4.98 Å². The van der Waals surface area contributed by atoms with Crippen LogP contribution in [0.5, 0.6) is 0 Å². The molecular weight excluding hydrogens is 268 g/mol. The van der Waals surface area contributed by atoms with Gasteiger partial charge >= 0.3 is 0 Å². The van der Waals surface area contributed by atoms with E-state index >= 15 is 0 Å². The van der Waals surface area contributed by atoms with Gasteiger partial charge in [-0.25, -0.2) is 4.98 Å². The maximum absolute atomic E-state index is 4.73. The lowest BCUT2D eigenvalue weighted by Gasteiger charge is -2.31. The van der Waals surface area contributed by atoms with Gasteiger partial charge in [0.15, 0.2) is 0 Å². The first-order valence-electron chi connectivity index (χ1n) is 7.40. The molecule has 1 N–H and O–H groups in total. The average molecular weight is 290 g/mol. The topological polar surface area (TPSA) is 41.1 Å². The van der Waals surface area contributed by atoms with Gasteiger partial charge in [-0.1, -0.05) is 6.42 Å². The highest BCUT2D eigenvalue weighted by Gasteiger charge is 2.21. The number of fused-ring (bicyclic) bond motifs is 1. The normalized spacial score (nSPS) is 15.3. The molecule has 1 aliphatic carbocycles. The fraction of sp³-hybridized carbons (Fsp3) is 0.600. The van der Waals surface area contributed by atoms with E-state index in [0.29, 0.717) is 0 Å². The molecule has 108 valence electrons. The molecule has 0 radical (unpaired) electrons. The van der Waals surface area contributed by atoms with E-state index in [-0.39, 0.29) is 0 Å². The number of hydrogen-bond acceptors (Lipinski definition) is 5. The molecule has 4 nitrogen and oxygen atoms in total. The molecule has 0 aliphatic heterocycles. The third-order valence-corrected chi connectivity index (χ3v) is 4.89.